The van der Waals surface area contributed by atoms with Crippen molar-refractivity contribution in [3.05, 3.63) is 82.6 Å². The lowest BCUT2D eigenvalue weighted by Crippen LogP contribution is -2.07. The first kappa shape index (κ1) is 16.9. The van der Waals surface area contributed by atoms with Crippen LogP contribution in [0, 0.1) is 17.1 Å². The second-order valence-electron chi connectivity index (χ2n) is 5.49. The summed E-state index contributed by atoms with van der Waals surface area (Å²) in [6.07, 6.45) is 0.673. The van der Waals surface area contributed by atoms with Crippen LogP contribution < -0.4 is 5.32 Å². The summed E-state index contributed by atoms with van der Waals surface area (Å²) in [5.74, 6) is 0.418. The van der Waals surface area contributed by atoms with E-state index in [4.69, 9.17) is 11.6 Å². The third-order valence-corrected chi connectivity index (χ3v) is 4.06. The van der Waals surface area contributed by atoms with Crippen LogP contribution in [0.25, 0.3) is 11.3 Å². The van der Waals surface area contributed by atoms with E-state index < -0.39 is 0 Å². The van der Waals surface area contributed by atoms with Gasteiger partial charge in [0.1, 0.15) is 11.6 Å². The maximum atomic E-state index is 13.2. The molecular formula is C20H15ClFN3. The average Bonchev–Trinajstić information content (AvgIpc) is 2.63. The minimum Gasteiger partial charge on any atom is -0.370 e. The normalized spacial score (nSPS) is 10.3. The van der Waals surface area contributed by atoms with Crippen LogP contribution in [0.4, 0.5) is 10.2 Å². The number of nitrogens with one attached hydrogen (secondary N) is 1. The molecule has 1 N–H and O–H groups in total. The summed E-state index contributed by atoms with van der Waals surface area (Å²) >= 11 is 6.27. The van der Waals surface area contributed by atoms with Gasteiger partial charge in [0.25, 0.3) is 0 Å². The second kappa shape index (κ2) is 7.78. The minimum atomic E-state index is -0.238. The molecule has 1 aromatic heterocycles. The van der Waals surface area contributed by atoms with Crippen molar-refractivity contribution < 1.29 is 4.39 Å². The minimum absolute atomic E-state index is 0.238. The van der Waals surface area contributed by atoms with E-state index in [1.54, 1.807) is 30.3 Å². The van der Waals surface area contributed by atoms with Gasteiger partial charge in [0, 0.05) is 12.1 Å². The summed E-state index contributed by atoms with van der Waals surface area (Å²) in [6, 6.07) is 19.4. The zero-order chi connectivity index (χ0) is 17.6. The summed E-state index contributed by atoms with van der Waals surface area (Å²) in [6.45, 7) is 0.609. The van der Waals surface area contributed by atoms with Crippen LogP contribution >= 0.6 is 11.6 Å². The quantitative estimate of drug-likeness (QED) is 0.698. The first-order valence-corrected chi connectivity index (χ1v) is 8.19. The molecule has 0 aliphatic heterocycles. The van der Waals surface area contributed by atoms with Crippen LogP contribution in [0.3, 0.4) is 0 Å². The van der Waals surface area contributed by atoms with E-state index >= 15 is 0 Å². The predicted molar refractivity (Wildman–Crippen MR) is 98.0 cm³/mol. The van der Waals surface area contributed by atoms with Crippen molar-refractivity contribution in [2.24, 2.45) is 0 Å². The number of aromatic nitrogens is 1. The Labute approximate surface area is 150 Å². The Balaban J connectivity index is 1.77. The van der Waals surface area contributed by atoms with Gasteiger partial charge in [-0.2, -0.15) is 5.26 Å². The lowest BCUT2D eigenvalue weighted by molar-refractivity contribution is 0.625. The molecule has 0 fully saturated rings. The Kier molecular flexibility index (Phi) is 5.27. The van der Waals surface area contributed by atoms with E-state index in [1.807, 2.05) is 18.2 Å². The highest BCUT2D eigenvalue weighted by molar-refractivity contribution is 6.33. The molecule has 0 aliphatic rings. The summed E-state index contributed by atoms with van der Waals surface area (Å²) < 4.78 is 13.2. The zero-order valence-electron chi connectivity index (χ0n) is 13.3. The monoisotopic (exact) mass is 351 g/mol. The topological polar surface area (TPSA) is 48.7 Å². The third-order valence-electron chi connectivity index (χ3n) is 3.76. The van der Waals surface area contributed by atoms with Gasteiger partial charge in [0.15, 0.2) is 0 Å². The molecule has 0 saturated heterocycles. The highest BCUT2D eigenvalue weighted by atomic mass is 35.5. The molecule has 3 aromatic rings. The fraction of sp³-hybridized carbons (Fsp3) is 0.100. The lowest BCUT2D eigenvalue weighted by Gasteiger charge is -2.10. The number of nitriles is 1. The molecule has 3 rings (SSSR count). The van der Waals surface area contributed by atoms with Crippen molar-refractivity contribution in [2.45, 2.75) is 6.42 Å². The van der Waals surface area contributed by atoms with Crippen LogP contribution in [-0.2, 0) is 6.42 Å². The molecule has 0 saturated carbocycles. The van der Waals surface area contributed by atoms with E-state index in [0.717, 1.165) is 5.56 Å². The average molecular weight is 352 g/mol. The Morgan fingerprint density at radius 2 is 1.92 bits per heavy atom. The summed E-state index contributed by atoms with van der Waals surface area (Å²) in [5, 5.41) is 13.0. The first-order valence-electron chi connectivity index (χ1n) is 7.82. The van der Waals surface area contributed by atoms with E-state index in [0.29, 0.717) is 40.6 Å². The smallest absolute Gasteiger partial charge is 0.126 e. The maximum absolute atomic E-state index is 13.2. The van der Waals surface area contributed by atoms with Crippen LogP contribution in [0.2, 0.25) is 5.02 Å². The summed E-state index contributed by atoms with van der Waals surface area (Å²) in [7, 11) is 0. The molecule has 5 heteroatoms. The highest BCUT2D eigenvalue weighted by Crippen LogP contribution is 2.29. The largest absolute Gasteiger partial charge is 0.370 e. The van der Waals surface area contributed by atoms with Gasteiger partial charge in [0.2, 0.25) is 0 Å². The standard InChI is InChI=1S/C20H15ClFN3/c21-18-8-9-19(24-11-10-14-4-3-6-16(22)12-14)25-20(18)17-7-2-1-5-15(17)13-23/h1-9,12H,10-11H2,(H,24,25). The van der Waals surface area contributed by atoms with Gasteiger partial charge >= 0.3 is 0 Å². The third kappa shape index (κ3) is 4.14. The first-order chi connectivity index (χ1) is 12.2. The van der Waals surface area contributed by atoms with Crippen LogP contribution in [0.1, 0.15) is 11.1 Å². The molecule has 0 spiro atoms. The Morgan fingerprint density at radius 3 is 2.72 bits per heavy atom. The van der Waals surface area contributed by atoms with Crippen molar-refractivity contribution in [1.29, 1.82) is 5.26 Å². The molecule has 0 radical (unpaired) electrons. The summed E-state index contributed by atoms with van der Waals surface area (Å²) in [4.78, 5) is 4.53. The molecule has 0 amide bonds. The molecular weight excluding hydrogens is 337 g/mol. The van der Waals surface area contributed by atoms with Crippen molar-refractivity contribution in [3.63, 3.8) is 0 Å². The second-order valence-corrected chi connectivity index (χ2v) is 5.90. The molecule has 124 valence electrons. The number of hydrogen-bond donors (Lipinski definition) is 1. The van der Waals surface area contributed by atoms with E-state index in [1.165, 1.54) is 12.1 Å². The number of anilines is 1. The molecule has 1 heterocycles. The Bertz CT molecular complexity index is 934. The van der Waals surface area contributed by atoms with Gasteiger partial charge in [-0.1, -0.05) is 41.9 Å². The van der Waals surface area contributed by atoms with E-state index in [2.05, 4.69) is 16.4 Å². The van der Waals surface area contributed by atoms with Gasteiger partial charge in [-0.3, -0.25) is 0 Å². The van der Waals surface area contributed by atoms with Crippen LogP contribution in [0.5, 0.6) is 0 Å². The zero-order valence-corrected chi connectivity index (χ0v) is 14.1. The predicted octanol–water partition coefficient (Wildman–Crippen LogP) is 5.07. The number of halogens is 2. The summed E-state index contributed by atoms with van der Waals surface area (Å²) in [5.41, 5.74) is 2.70. The van der Waals surface area contributed by atoms with Gasteiger partial charge in [-0.05, 0) is 42.3 Å². The van der Waals surface area contributed by atoms with Gasteiger partial charge in [-0.25, -0.2) is 9.37 Å². The molecule has 0 aliphatic carbocycles. The molecule has 0 atom stereocenters. The number of rotatable bonds is 5. The maximum Gasteiger partial charge on any atom is 0.126 e. The van der Waals surface area contributed by atoms with Crippen molar-refractivity contribution >= 4 is 17.4 Å². The fourth-order valence-corrected chi connectivity index (χ4v) is 2.75. The van der Waals surface area contributed by atoms with Crippen LogP contribution in [-0.4, -0.2) is 11.5 Å². The van der Waals surface area contributed by atoms with E-state index in [-0.39, 0.29) is 5.82 Å². The Hall–Kier alpha value is -2.90. The Morgan fingerprint density at radius 1 is 1.08 bits per heavy atom. The molecule has 0 bridgehead atoms. The van der Waals surface area contributed by atoms with Crippen molar-refractivity contribution in [3.8, 4) is 17.3 Å². The molecule has 25 heavy (non-hydrogen) atoms. The number of benzene rings is 2. The molecule has 0 unspecified atom stereocenters. The fourth-order valence-electron chi connectivity index (χ4n) is 2.54. The molecule has 3 nitrogen and oxygen atoms in total. The van der Waals surface area contributed by atoms with Gasteiger partial charge in [-0.15, -0.1) is 0 Å². The van der Waals surface area contributed by atoms with Crippen LogP contribution in [0.15, 0.2) is 60.7 Å². The number of hydrogen-bond acceptors (Lipinski definition) is 3. The number of nitrogens with zero attached hydrogens (tertiary/aromatic N) is 2. The number of pyridine rings is 1. The lowest BCUT2D eigenvalue weighted by atomic mass is 10.0. The van der Waals surface area contributed by atoms with Gasteiger partial charge < -0.3 is 5.32 Å². The van der Waals surface area contributed by atoms with Crippen molar-refractivity contribution in [1.82, 2.24) is 4.98 Å². The SMILES string of the molecule is N#Cc1ccccc1-c1nc(NCCc2cccc(F)c2)ccc1Cl. The van der Waals surface area contributed by atoms with Gasteiger partial charge in [0.05, 0.1) is 22.3 Å². The van der Waals surface area contributed by atoms with E-state index in [9.17, 15) is 9.65 Å². The highest BCUT2D eigenvalue weighted by Gasteiger charge is 2.11. The van der Waals surface area contributed by atoms with Crippen molar-refractivity contribution in [2.75, 3.05) is 11.9 Å². The molecule has 2 aromatic carbocycles.